The molecule has 1 aromatic heterocycles. The first-order valence-electron chi connectivity index (χ1n) is 8.08. The molecule has 0 saturated carbocycles. The van der Waals surface area contributed by atoms with Crippen molar-refractivity contribution in [3.63, 3.8) is 0 Å². The van der Waals surface area contributed by atoms with Crippen molar-refractivity contribution in [1.82, 2.24) is 10.3 Å². The standard InChI is InChI=1S/C19H19N5O2/c1-20-12-18(21-2)24-19(25)23-17-5-8-22-16-4-3-14(11-15(16)17)13-6-9-26-10-7-13/h3-6,8,11-12H,1-2,7,9-10H2,(H2,22,23,24,25)/b18-12+. The molecule has 0 aliphatic carbocycles. The van der Waals surface area contributed by atoms with Gasteiger partial charge in [0.2, 0.25) is 0 Å². The zero-order chi connectivity index (χ0) is 18.4. The van der Waals surface area contributed by atoms with E-state index < -0.39 is 6.03 Å². The van der Waals surface area contributed by atoms with E-state index in [1.165, 1.54) is 11.8 Å². The van der Waals surface area contributed by atoms with Crippen LogP contribution in [0, 0.1) is 0 Å². The minimum absolute atomic E-state index is 0.212. The number of benzene rings is 1. The van der Waals surface area contributed by atoms with Crippen LogP contribution in [-0.4, -0.2) is 37.7 Å². The molecule has 2 heterocycles. The fourth-order valence-corrected chi connectivity index (χ4v) is 2.71. The van der Waals surface area contributed by atoms with Gasteiger partial charge in [-0.25, -0.2) is 9.79 Å². The third-order valence-electron chi connectivity index (χ3n) is 3.95. The Morgan fingerprint density at radius 3 is 2.92 bits per heavy atom. The number of pyridine rings is 1. The lowest BCUT2D eigenvalue weighted by atomic mass is 9.99. The van der Waals surface area contributed by atoms with E-state index in [0.717, 1.165) is 22.9 Å². The van der Waals surface area contributed by atoms with Crippen molar-refractivity contribution in [2.45, 2.75) is 6.42 Å². The largest absolute Gasteiger partial charge is 0.377 e. The maximum Gasteiger partial charge on any atom is 0.324 e. The number of carbonyl (C=O) groups excluding carboxylic acids is 1. The fraction of sp³-hybridized carbons (Fsp3) is 0.158. The lowest BCUT2D eigenvalue weighted by Gasteiger charge is -2.15. The van der Waals surface area contributed by atoms with Gasteiger partial charge in [-0.3, -0.25) is 15.3 Å². The summed E-state index contributed by atoms with van der Waals surface area (Å²) in [5, 5.41) is 6.23. The molecule has 1 aliphatic rings. The second kappa shape index (κ2) is 8.17. The molecule has 0 fully saturated rings. The summed E-state index contributed by atoms with van der Waals surface area (Å²) in [7, 11) is 0. The number of rotatable bonds is 5. The van der Waals surface area contributed by atoms with E-state index in [1.54, 1.807) is 12.3 Å². The zero-order valence-corrected chi connectivity index (χ0v) is 14.2. The number of carbonyl (C=O) groups is 1. The maximum absolute atomic E-state index is 12.2. The second-order valence-electron chi connectivity index (χ2n) is 5.58. The van der Waals surface area contributed by atoms with Gasteiger partial charge in [0.25, 0.3) is 0 Å². The number of nitrogens with one attached hydrogen (secondary N) is 2. The van der Waals surface area contributed by atoms with Gasteiger partial charge < -0.3 is 10.1 Å². The highest BCUT2D eigenvalue weighted by atomic mass is 16.5. The lowest BCUT2D eigenvalue weighted by Crippen LogP contribution is -2.27. The van der Waals surface area contributed by atoms with Crippen molar-refractivity contribution >= 4 is 41.6 Å². The predicted molar refractivity (Wildman–Crippen MR) is 104 cm³/mol. The van der Waals surface area contributed by atoms with Crippen molar-refractivity contribution in [2.75, 3.05) is 18.5 Å². The molecule has 0 radical (unpaired) electrons. The summed E-state index contributed by atoms with van der Waals surface area (Å²) >= 11 is 0. The Bertz CT molecular complexity index is 917. The molecule has 7 nitrogen and oxygen atoms in total. The Kier molecular flexibility index (Phi) is 5.50. The summed E-state index contributed by atoms with van der Waals surface area (Å²) in [5.41, 5.74) is 3.78. The van der Waals surface area contributed by atoms with Gasteiger partial charge in [-0.05, 0) is 49.2 Å². The number of urea groups is 1. The molecule has 0 bridgehead atoms. The quantitative estimate of drug-likeness (QED) is 0.811. The van der Waals surface area contributed by atoms with Crippen LogP contribution in [0.25, 0.3) is 16.5 Å². The molecule has 0 saturated heterocycles. The number of hydrogen-bond acceptors (Lipinski definition) is 5. The van der Waals surface area contributed by atoms with Crippen LogP contribution >= 0.6 is 0 Å². The monoisotopic (exact) mass is 349 g/mol. The van der Waals surface area contributed by atoms with Gasteiger partial charge in [0.05, 0.1) is 30.6 Å². The minimum Gasteiger partial charge on any atom is -0.377 e. The van der Waals surface area contributed by atoms with Crippen LogP contribution in [0.3, 0.4) is 0 Å². The summed E-state index contributed by atoms with van der Waals surface area (Å²) < 4.78 is 5.37. The van der Waals surface area contributed by atoms with Crippen molar-refractivity contribution < 1.29 is 9.53 Å². The van der Waals surface area contributed by atoms with Gasteiger partial charge in [-0.1, -0.05) is 12.1 Å². The average molecular weight is 349 g/mol. The number of hydrogen-bond donors (Lipinski definition) is 2. The van der Waals surface area contributed by atoms with E-state index in [-0.39, 0.29) is 5.82 Å². The number of nitrogens with zero attached hydrogens (tertiary/aromatic N) is 3. The van der Waals surface area contributed by atoms with Gasteiger partial charge >= 0.3 is 6.03 Å². The molecule has 2 N–H and O–H groups in total. The Morgan fingerprint density at radius 2 is 2.19 bits per heavy atom. The van der Waals surface area contributed by atoms with Gasteiger partial charge in [-0.15, -0.1) is 0 Å². The molecule has 0 atom stereocenters. The highest BCUT2D eigenvalue weighted by Crippen LogP contribution is 2.28. The van der Waals surface area contributed by atoms with Crippen molar-refractivity contribution in [2.24, 2.45) is 9.98 Å². The molecule has 0 spiro atoms. The molecule has 2 amide bonds. The van der Waals surface area contributed by atoms with Crippen LogP contribution in [0.5, 0.6) is 0 Å². The van der Waals surface area contributed by atoms with E-state index in [2.05, 4.69) is 45.1 Å². The highest BCUT2D eigenvalue weighted by Gasteiger charge is 2.11. The van der Waals surface area contributed by atoms with E-state index in [1.807, 2.05) is 18.2 Å². The fourth-order valence-electron chi connectivity index (χ4n) is 2.71. The van der Waals surface area contributed by atoms with E-state index >= 15 is 0 Å². The van der Waals surface area contributed by atoms with Gasteiger partial charge in [-0.2, -0.15) is 0 Å². The summed E-state index contributed by atoms with van der Waals surface area (Å²) in [4.78, 5) is 23.8. The SMILES string of the molecule is C=N/C=C(\N=C)NC(=O)Nc1ccnc2ccc(C3=CCOCC3)cc12. The first-order chi connectivity index (χ1) is 12.7. The molecular formula is C19H19N5O2. The van der Waals surface area contributed by atoms with Crippen LogP contribution in [0.1, 0.15) is 12.0 Å². The summed E-state index contributed by atoms with van der Waals surface area (Å²) in [5.74, 6) is 0.212. The first-order valence-corrected chi connectivity index (χ1v) is 8.08. The van der Waals surface area contributed by atoms with Gasteiger partial charge in [0.1, 0.15) is 0 Å². The Morgan fingerprint density at radius 1 is 1.31 bits per heavy atom. The van der Waals surface area contributed by atoms with Crippen molar-refractivity contribution in [3.05, 3.63) is 54.1 Å². The molecule has 132 valence electrons. The minimum atomic E-state index is -0.449. The number of ether oxygens (including phenoxy) is 1. The molecule has 1 aliphatic heterocycles. The molecular weight excluding hydrogens is 330 g/mol. The number of amides is 2. The van der Waals surface area contributed by atoms with Crippen LogP contribution in [0.2, 0.25) is 0 Å². The Balaban J connectivity index is 1.89. The van der Waals surface area contributed by atoms with Crippen LogP contribution < -0.4 is 10.6 Å². The smallest absolute Gasteiger partial charge is 0.324 e. The Labute approximate surface area is 151 Å². The third-order valence-corrected chi connectivity index (χ3v) is 3.95. The normalized spacial score (nSPS) is 14.5. The number of aliphatic imine (C=N–C) groups is 2. The van der Waals surface area contributed by atoms with Gasteiger partial charge in [0.15, 0.2) is 5.82 Å². The van der Waals surface area contributed by atoms with Crippen LogP contribution in [0.4, 0.5) is 10.5 Å². The van der Waals surface area contributed by atoms with Crippen LogP contribution in [-0.2, 0) is 4.74 Å². The zero-order valence-electron chi connectivity index (χ0n) is 14.2. The average Bonchev–Trinajstić information content (AvgIpc) is 2.68. The van der Waals surface area contributed by atoms with E-state index in [0.29, 0.717) is 18.9 Å². The predicted octanol–water partition coefficient (Wildman–Crippen LogP) is 3.36. The topological polar surface area (TPSA) is 88.0 Å². The van der Waals surface area contributed by atoms with Gasteiger partial charge in [0, 0.05) is 11.6 Å². The van der Waals surface area contributed by atoms with E-state index in [4.69, 9.17) is 4.74 Å². The highest BCUT2D eigenvalue weighted by molar-refractivity contribution is 6.01. The summed E-state index contributed by atoms with van der Waals surface area (Å²) in [6.45, 7) is 8.04. The summed E-state index contributed by atoms with van der Waals surface area (Å²) in [6, 6.07) is 7.32. The van der Waals surface area contributed by atoms with Crippen LogP contribution in [0.15, 0.2) is 58.5 Å². The van der Waals surface area contributed by atoms with E-state index in [9.17, 15) is 4.79 Å². The third kappa shape index (κ3) is 4.01. The molecule has 3 rings (SSSR count). The Hall–Kier alpha value is -3.32. The molecule has 0 unspecified atom stereocenters. The number of aromatic nitrogens is 1. The summed E-state index contributed by atoms with van der Waals surface area (Å²) in [6.07, 6.45) is 5.91. The maximum atomic E-state index is 12.2. The molecule has 26 heavy (non-hydrogen) atoms. The first kappa shape index (κ1) is 17.5. The molecule has 7 heteroatoms. The lowest BCUT2D eigenvalue weighted by molar-refractivity contribution is 0.161. The molecule has 1 aromatic carbocycles. The number of anilines is 1. The van der Waals surface area contributed by atoms with Crippen molar-refractivity contribution in [3.8, 4) is 0 Å². The molecule has 2 aromatic rings. The van der Waals surface area contributed by atoms with Crippen molar-refractivity contribution in [1.29, 1.82) is 0 Å². The number of fused-ring (bicyclic) bond motifs is 1. The second-order valence-corrected chi connectivity index (χ2v) is 5.58.